The van der Waals surface area contributed by atoms with Gasteiger partial charge in [0.1, 0.15) is 6.04 Å². The number of ether oxygens (including phenoxy) is 1. The fourth-order valence-corrected chi connectivity index (χ4v) is 4.45. The van der Waals surface area contributed by atoms with Crippen molar-refractivity contribution < 1.29 is 40.8 Å². The summed E-state index contributed by atoms with van der Waals surface area (Å²) in [6.07, 6.45) is -4.52. The van der Waals surface area contributed by atoms with E-state index in [1.807, 2.05) is 0 Å². The zero-order valence-corrected chi connectivity index (χ0v) is 16.9. The molecular formula is C20H17F5N4O4. The number of carbonyl (C=O) groups is 2. The first-order chi connectivity index (χ1) is 15.6. The molecule has 0 spiro atoms. The van der Waals surface area contributed by atoms with E-state index in [0.29, 0.717) is 18.4 Å². The maximum absolute atomic E-state index is 13.7. The maximum atomic E-state index is 13.7. The van der Waals surface area contributed by atoms with Crippen molar-refractivity contribution in [3.8, 4) is 11.4 Å². The Morgan fingerprint density at radius 1 is 1.27 bits per heavy atom. The molecule has 3 heterocycles. The normalized spacial score (nSPS) is 26.3. The van der Waals surface area contributed by atoms with Crippen LogP contribution in [0.25, 0.3) is 11.4 Å². The highest BCUT2D eigenvalue weighted by Gasteiger charge is 2.62. The lowest BCUT2D eigenvalue weighted by Crippen LogP contribution is -2.57. The van der Waals surface area contributed by atoms with E-state index < -0.39 is 48.4 Å². The molecule has 33 heavy (non-hydrogen) atoms. The van der Waals surface area contributed by atoms with Gasteiger partial charge in [0.2, 0.25) is 12.2 Å². The van der Waals surface area contributed by atoms with Crippen molar-refractivity contribution in [3.05, 3.63) is 35.2 Å². The number of hydrogen-bond acceptors (Lipinski definition) is 6. The van der Waals surface area contributed by atoms with E-state index in [4.69, 9.17) is 4.74 Å². The second-order valence-electron chi connectivity index (χ2n) is 8.26. The van der Waals surface area contributed by atoms with Gasteiger partial charge in [0, 0.05) is 30.7 Å². The molecule has 0 radical (unpaired) electrons. The standard InChI is InChI=1S/C20H17F5N4O4/c21-19(22)6-15(19)29(9-30)13-3-4-32-8-14(13)28-7-11-2-1-10(5-12(11)17(28)31)16-26-18(33-27-16)20(23,24)25/h1-2,5,9,13-15H,3-4,6-8H2/t13-,14-,15+/m0/s1. The van der Waals surface area contributed by atoms with Crippen LogP contribution in [0.2, 0.25) is 0 Å². The van der Waals surface area contributed by atoms with Gasteiger partial charge in [-0.1, -0.05) is 17.3 Å². The number of amides is 2. The molecule has 5 rings (SSSR count). The van der Waals surface area contributed by atoms with Gasteiger partial charge in [-0.15, -0.1) is 0 Å². The number of hydrogen-bond donors (Lipinski definition) is 0. The largest absolute Gasteiger partial charge is 0.471 e. The summed E-state index contributed by atoms with van der Waals surface area (Å²) in [5.74, 6) is -5.21. The summed E-state index contributed by atoms with van der Waals surface area (Å²) in [5.41, 5.74) is 0.985. The van der Waals surface area contributed by atoms with E-state index >= 15 is 0 Å². The van der Waals surface area contributed by atoms with Crippen molar-refractivity contribution in [2.45, 2.75) is 49.6 Å². The summed E-state index contributed by atoms with van der Waals surface area (Å²) in [6.45, 7) is 0.481. The highest BCUT2D eigenvalue weighted by atomic mass is 19.4. The number of nitrogens with zero attached hydrogens (tertiary/aromatic N) is 4. The molecule has 2 aromatic rings. The molecule has 176 valence electrons. The maximum Gasteiger partial charge on any atom is 0.471 e. The molecule has 1 aromatic carbocycles. The fourth-order valence-electron chi connectivity index (χ4n) is 4.45. The van der Waals surface area contributed by atoms with E-state index in [1.54, 1.807) is 6.07 Å². The van der Waals surface area contributed by atoms with E-state index in [1.165, 1.54) is 17.0 Å². The fraction of sp³-hybridized carbons (Fsp3) is 0.500. The van der Waals surface area contributed by atoms with E-state index in [-0.39, 0.29) is 36.7 Å². The van der Waals surface area contributed by atoms with Crippen LogP contribution < -0.4 is 0 Å². The Morgan fingerprint density at radius 3 is 2.67 bits per heavy atom. The molecule has 1 saturated heterocycles. The molecule has 0 N–H and O–H groups in total. The quantitative estimate of drug-likeness (QED) is 0.491. The summed E-state index contributed by atoms with van der Waals surface area (Å²) in [6, 6.07) is 1.92. The molecule has 8 nitrogen and oxygen atoms in total. The van der Waals surface area contributed by atoms with Crippen LogP contribution in [0.1, 0.15) is 34.7 Å². The topological polar surface area (TPSA) is 88.8 Å². The lowest BCUT2D eigenvalue weighted by atomic mass is 10.00. The Morgan fingerprint density at radius 2 is 2.03 bits per heavy atom. The molecule has 0 unspecified atom stereocenters. The summed E-state index contributed by atoms with van der Waals surface area (Å²) >= 11 is 0. The predicted octanol–water partition coefficient (Wildman–Crippen LogP) is 2.73. The summed E-state index contributed by atoms with van der Waals surface area (Å²) in [5, 5.41) is 3.33. The monoisotopic (exact) mass is 472 g/mol. The van der Waals surface area contributed by atoms with Gasteiger partial charge >= 0.3 is 12.1 Å². The van der Waals surface area contributed by atoms with Crippen molar-refractivity contribution in [2.75, 3.05) is 13.2 Å². The average molecular weight is 472 g/mol. The number of rotatable bonds is 5. The van der Waals surface area contributed by atoms with Gasteiger partial charge in [-0.3, -0.25) is 9.59 Å². The lowest BCUT2D eigenvalue weighted by Gasteiger charge is -2.42. The van der Waals surface area contributed by atoms with Crippen LogP contribution in [0.3, 0.4) is 0 Å². The molecule has 0 bridgehead atoms. The van der Waals surface area contributed by atoms with Crippen LogP contribution in [0.15, 0.2) is 22.7 Å². The Kier molecular flexibility index (Phi) is 4.92. The van der Waals surface area contributed by atoms with Gasteiger partial charge in [0.15, 0.2) is 0 Å². The van der Waals surface area contributed by atoms with E-state index in [0.717, 1.165) is 4.90 Å². The van der Waals surface area contributed by atoms with Crippen LogP contribution in [-0.4, -0.2) is 69.5 Å². The van der Waals surface area contributed by atoms with Crippen LogP contribution in [-0.2, 0) is 22.3 Å². The first kappa shape index (κ1) is 21.7. The molecule has 1 aromatic heterocycles. The highest BCUT2D eigenvalue weighted by Crippen LogP contribution is 2.47. The predicted molar refractivity (Wildman–Crippen MR) is 98.9 cm³/mol. The first-order valence-electron chi connectivity index (χ1n) is 10.1. The van der Waals surface area contributed by atoms with Gasteiger partial charge in [-0.05, 0) is 18.1 Å². The van der Waals surface area contributed by atoms with Crippen molar-refractivity contribution >= 4 is 12.3 Å². The van der Waals surface area contributed by atoms with E-state index in [2.05, 4.69) is 14.7 Å². The van der Waals surface area contributed by atoms with Gasteiger partial charge in [-0.25, -0.2) is 8.78 Å². The third-order valence-electron chi connectivity index (χ3n) is 6.22. The average Bonchev–Trinajstić information content (AvgIpc) is 3.13. The van der Waals surface area contributed by atoms with Crippen molar-refractivity contribution in [1.82, 2.24) is 19.9 Å². The number of aromatic nitrogens is 2. The Balaban J connectivity index is 1.40. The Hall–Kier alpha value is -3.09. The van der Waals surface area contributed by atoms with Gasteiger partial charge in [-0.2, -0.15) is 18.2 Å². The zero-order valence-electron chi connectivity index (χ0n) is 16.9. The molecular weight excluding hydrogens is 455 g/mol. The Bertz CT molecular complexity index is 1100. The summed E-state index contributed by atoms with van der Waals surface area (Å²) in [7, 11) is 0. The Labute approximate surface area is 183 Å². The molecule has 2 fully saturated rings. The minimum Gasteiger partial charge on any atom is -0.379 e. The number of benzene rings is 1. The van der Waals surface area contributed by atoms with Crippen LogP contribution in [0.4, 0.5) is 22.0 Å². The molecule has 2 aliphatic heterocycles. The molecule has 1 aliphatic carbocycles. The summed E-state index contributed by atoms with van der Waals surface area (Å²) in [4.78, 5) is 30.7. The molecule has 3 atom stereocenters. The molecule has 2 amide bonds. The van der Waals surface area contributed by atoms with Gasteiger partial charge in [0.25, 0.3) is 11.8 Å². The number of fused-ring (bicyclic) bond motifs is 1. The summed E-state index contributed by atoms with van der Waals surface area (Å²) < 4.78 is 75.3. The lowest BCUT2D eigenvalue weighted by molar-refractivity contribution is -0.159. The van der Waals surface area contributed by atoms with Crippen LogP contribution in [0.5, 0.6) is 0 Å². The second-order valence-corrected chi connectivity index (χ2v) is 8.26. The minimum atomic E-state index is -4.80. The SMILES string of the molecule is O=CN([C@H]1CCOC[C@@H]1N1Cc2ccc(-c3noc(C(F)(F)F)n3)cc2C1=O)[C@@H]1CC1(F)F. The number of carbonyl (C=O) groups excluding carboxylic acids is 2. The third-order valence-corrected chi connectivity index (χ3v) is 6.22. The zero-order chi connectivity index (χ0) is 23.5. The second kappa shape index (κ2) is 7.47. The number of halogens is 5. The number of alkyl halides is 5. The smallest absolute Gasteiger partial charge is 0.379 e. The van der Waals surface area contributed by atoms with E-state index in [9.17, 15) is 31.5 Å². The highest BCUT2D eigenvalue weighted by molar-refractivity contribution is 5.99. The molecule has 13 heteroatoms. The van der Waals surface area contributed by atoms with Crippen molar-refractivity contribution in [3.63, 3.8) is 0 Å². The minimum absolute atomic E-state index is 0.0691. The van der Waals surface area contributed by atoms with Gasteiger partial charge < -0.3 is 19.1 Å². The van der Waals surface area contributed by atoms with Crippen molar-refractivity contribution in [2.24, 2.45) is 0 Å². The van der Waals surface area contributed by atoms with Crippen LogP contribution in [0, 0.1) is 0 Å². The van der Waals surface area contributed by atoms with Crippen LogP contribution >= 0.6 is 0 Å². The first-order valence-corrected chi connectivity index (χ1v) is 10.1. The third kappa shape index (κ3) is 3.73. The van der Waals surface area contributed by atoms with Crippen molar-refractivity contribution in [1.29, 1.82) is 0 Å². The molecule has 1 saturated carbocycles. The molecule has 3 aliphatic rings. The van der Waals surface area contributed by atoms with Gasteiger partial charge in [0.05, 0.1) is 18.7 Å².